The third kappa shape index (κ3) is 2.69. The summed E-state index contributed by atoms with van der Waals surface area (Å²) in [7, 11) is 0. The summed E-state index contributed by atoms with van der Waals surface area (Å²) in [6, 6.07) is 8.01. The summed E-state index contributed by atoms with van der Waals surface area (Å²) in [6.07, 6.45) is 1.99. The molecule has 0 fully saturated rings. The van der Waals surface area contributed by atoms with E-state index in [4.69, 9.17) is 11.6 Å². The van der Waals surface area contributed by atoms with Gasteiger partial charge in [-0.1, -0.05) is 11.6 Å². The summed E-state index contributed by atoms with van der Waals surface area (Å²) in [6.45, 7) is 0. The second-order valence-corrected chi connectivity index (χ2v) is 7.76. The molecule has 2 nitrogen and oxygen atoms in total. The minimum atomic E-state index is -0.426. The number of halogens is 2. The molecule has 0 atom stereocenters. The molecule has 0 saturated heterocycles. The number of amides is 1. The van der Waals surface area contributed by atoms with E-state index in [9.17, 15) is 9.18 Å². The van der Waals surface area contributed by atoms with Gasteiger partial charge in [0.1, 0.15) is 5.82 Å². The van der Waals surface area contributed by atoms with Gasteiger partial charge in [0, 0.05) is 15.3 Å². The number of fused-ring (bicyclic) bond motifs is 3. The summed E-state index contributed by atoms with van der Waals surface area (Å²) in [4.78, 5) is 15.7. The van der Waals surface area contributed by atoms with E-state index < -0.39 is 5.82 Å². The van der Waals surface area contributed by atoms with E-state index in [0.29, 0.717) is 10.6 Å². The van der Waals surface area contributed by atoms with Crippen LogP contribution in [-0.4, -0.2) is 5.91 Å². The van der Waals surface area contributed by atoms with Crippen LogP contribution in [-0.2, 0) is 12.8 Å². The maximum absolute atomic E-state index is 13.1. The van der Waals surface area contributed by atoms with Gasteiger partial charge in [-0.3, -0.25) is 4.79 Å². The van der Waals surface area contributed by atoms with E-state index in [1.54, 1.807) is 11.3 Å². The maximum Gasteiger partial charge on any atom is 0.265 e. The fourth-order valence-electron chi connectivity index (χ4n) is 2.71. The molecule has 116 valence electrons. The third-order valence-electron chi connectivity index (χ3n) is 3.82. The molecule has 0 bridgehead atoms. The molecule has 23 heavy (non-hydrogen) atoms. The van der Waals surface area contributed by atoms with Crippen LogP contribution in [0.1, 0.15) is 20.1 Å². The van der Waals surface area contributed by atoms with Gasteiger partial charge in [0.2, 0.25) is 0 Å². The lowest BCUT2D eigenvalue weighted by molar-refractivity contribution is 0.103. The molecule has 1 aliphatic rings. The van der Waals surface area contributed by atoms with Crippen molar-refractivity contribution in [2.45, 2.75) is 12.8 Å². The van der Waals surface area contributed by atoms with Crippen LogP contribution in [0, 0.1) is 5.82 Å². The van der Waals surface area contributed by atoms with Crippen LogP contribution in [0.25, 0.3) is 10.4 Å². The number of carbonyl (C=O) groups excluding carboxylic acids is 1. The van der Waals surface area contributed by atoms with Crippen molar-refractivity contribution in [2.24, 2.45) is 0 Å². The molecule has 1 amide bonds. The second-order valence-electron chi connectivity index (χ2n) is 5.30. The zero-order valence-corrected chi connectivity index (χ0v) is 14.2. The number of carbonyl (C=O) groups is 1. The average Bonchev–Trinajstić information content (AvgIpc) is 3.14. The van der Waals surface area contributed by atoms with E-state index in [1.165, 1.54) is 50.4 Å². The summed E-state index contributed by atoms with van der Waals surface area (Å²) < 4.78 is 13.1. The first kappa shape index (κ1) is 14.9. The molecular weight excluding hydrogens is 353 g/mol. The van der Waals surface area contributed by atoms with Crippen LogP contribution >= 0.6 is 34.3 Å². The first-order valence-corrected chi connectivity index (χ1v) is 9.15. The summed E-state index contributed by atoms with van der Waals surface area (Å²) in [5.41, 5.74) is 2.89. The monoisotopic (exact) mass is 363 g/mol. The van der Waals surface area contributed by atoms with Gasteiger partial charge in [-0.2, -0.15) is 0 Å². The van der Waals surface area contributed by atoms with Gasteiger partial charge >= 0.3 is 0 Å². The predicted octanol–water partition coefficient (Wildman–Crippen LogP) is 5.62. The second kappa shape index (κ2) is 5.74. The van der Waals surface area contributed by atoms with Crippen molar-refractivity contribution in [1.29, 1.82) is 0 Å². The largest absolute Gasteiger partial charge is 0.320 e. The minimum Gasteiger partial charge on any atom is -0.320 e. The van der Waals surface area contributed by atoms with Crippen molar-refractivity contribution >= 4 is 45.9 Å². The third-order valence-corrected chi connectivity index (χ3v) is 6.33. The van der Waals surface area contributed by atoms with Gasteiger partial charge in [-0.25, -0.2) is 4.39 Å². The molecule has 1 N–H and O–H groups in total. The van der Waals surface area contributed by atoms with Gasteiger partial charge in [-0.05, 0) is 54.1 Å². The molecule has 2 heterocycles. The molecule has 6 heteroatoms. The number of hydrogen-bond acceptors (Lipinski definition) is 3. The number of aryl methyl sites for hydroxylation is 2. The highest BCUT2D eigenvalue weighted by molar-refractivity contribution is 7.18. The van der Waals surface area contributed by atoms with Crippen LogP contribution < -0.4 is 5.32 Å². The Kier molecular flexibility index (Phi) is 3.71. The first-order chi connectivity index (χ1) is 11.1. The number of rotatable bonds is 2. The van der Waals surface area contributed by atoms with E-state index >= 15 is 0 Å². The Labute approximate surface area is 145 Å². The molecular formula is C17H11ClFNOS2. The molecule has 0 spiro atoms. The number of anilines is 1. The van der Waals surface area contributed by atoms with Crippen molar-refractivity contribution in [2.75, 3.05) is 5.32 Å². The zero-order chi connectivity index (χ0) is 16.0. The van der Waals surface area contributed by atoms with E-state index in [0.717, 1.165) is 12.8 Å². The standard InChI is InChI=1S/C17H11ClFNOS2/c18-12-8-10(19)2-3-13(12)20-17(21)15-7-9-1-4-14-11(5-6-22-14)16(9)23-15/h2-3,5-8H,1,4H2,(H,20,21). The highest BCUT2D eigenvalue weighted by Gasteiger charge is 2.22. The molecule has 4 rings (SSSR count). The van der Waals surface area contributed by atoms with E-state index in [2.05, 4.69) is 16.8 Å². The minimum absolute atomic E-state index is 0.194. The van der Waals surface area contributed by atoms with E-state index in [1.807, 2.05) is 6.07 Å². The zero-order valence-electron chi connectivity index (χ0n) is 11.9. The lowest BCUT2D eigenvalue weighted by atomic mass is 9.98. The van der Waals surface area contributed by atoms with Crippen molar-refractivity contribution in [3.05, 3.63) is 61.9 Å². The molecule has 0 unspecified atom stereocenters. The number of nitrogens with one attached hydrogen (secondary N) is 1. The first-order valence-electron chi connectivity index (χ1n) is 7.07. The molecule has 0 radical (unpaired) electrons. The van der Waals surface area contributed by atoms with Gasteiger partial charge in [0.15, 0.2) is 0 Å². The quantitative estimate of drug-likeness (QED) is 0.629. The van der Waals surface area contributed by atoms with Crippen LogP contribution in [0.3, 0.4) is 0 Å². The van der Waals surface area contributed by atoms with Gasteiger partial charge < -0.3 is 5.32 Å². The number of thiophene rings is 2. The summed E-state index contributed by atoms with van der Waals surface area (Å²) in [5.74, 6) is -0.640. The Morgan fingerprint density at radius 2 is 2.09 bits per heavy atom. The smallest absolute Gasteiger partial charge is 0.265 e. The van der Waals surface area contributed by atoms with Crippen LogP contribution in [0.15, 0.2) is 35.7 Å². The Bertz CT molecular complexity index is 915. The Morgan fingerprint density at radius 3 is 2.91 bits per heavy atom. The van der Waals surface area contributed by atoms with Crippen LogP contribution in [0.2, 0.25) is 5.02 Å². The van der Waals surface area contributed by atoms with E-state index in [-0.39, 0.29) is 10.9 Å². The van der Waals surface area contributed by atoms with Crippen molar-refractivity contribution in [3.63, 3.8) is 0 Å². The average molecular weight is 364 g/mol. The lowest BCUT2D eigenvalue weighted by Crippen LogP contribution is -2.10. The van der Waals surface area contributed by atoms with Crippen LogP contribution in [0.4, 0.5) is 10.1 Å². The fraction of sp³-hybridized carbons (Fsp3) is 0.118. The van der Waals surface area contributed by atoms with Gasteiger partial charge in [0.25, 0.3) is 5.91 Å². The molecule has 1 aromatic carbocycles. The molecule has 1 aliphatic carbocycles. The maximum atomic E-state index is 13.1. The summed E-state index contributed by atoms with van der Waals surface area (Å²) in [5, 5.41) is 5.05. The Balaban J connectivity index is 1.63. The van der Waals surface area contributed by atoms with Crippen LogP contribution in [0.5, 0.6) is 0 Å². The number of hydrogen-bond donors (Lipinski definition) is 1. The van der Waals surface area contributed by atoms with Crippen molar-refractivity contribution < 1.29 is 9.18 Å². The number of benzene rings is 1. The van der Waals surface area contributed by atoms with Crippen molar-refractivity contribution in [3.8, 4) is 10.4 Å². The van der Waals surface area contributed by atoms with Gasteiger partial charge in [-0.15, -0.1) is 22.7 Å². The lowest BCUT2D eigenvalue weighted by Gasteiger charge is -2.10. The Morgan fingerprint density at radius 1 is 1.22 bits per heavy atom. The van der Waals surface area contributed by atoms with Gasteiger partial charge in [0.05, 0.1) is 15.6 Å². The topological polar surface area (TPSA) is 29.1 Å². The SMILES string of the molecule is O=C(Nc1ccc(F)cc1Cl)c1cc2c(s1)-c1ccsc1CC2. The van der Waals surface area contributed by atoms with Crippen molar-refractivity contribution in [1.82, 2.24) is 0 Å². The predicted molar refractivity (Wildman–Crippen MR) is 94.4 cm³/mol. The molecule has 3 aromatic rings. The normalized spacial score (nSPS) is 12.6. The highest BCUT2D eigenvalue weighted by atomic mass is 35.5. The Hall–Kier alpha value is -1.69. The highest BCUT2D eigenvalue weighted by Crippen LogP contribution is 2.42. The molecule has 0 aliphatic heterocycles. The fourth-order valence-corrected chi connectivity index (χ4v) is 5.04. The summed E-state index contributed by atoms with van der Waals surface area (Å²) >= 11 is 9.23. The molecule has 0 saturated carbocycles. The molecule has 2 aromatic heterocycles.